The minimum absolute atomic E-state index is 0.0872. The average molecular weight is 321 g/mol. The van der Waals surface area contributed by atoms with Crippen LogP contribution >= 0.6 is 0 Å². The number of amides is 1. The molecule has 0 aliphatic carbocycles. The van der Waals surface area contributed by atoms with E-state index in [-0.39, 0.29) is 6.61 Å². The maximum absolute atomic E-state index is 12.2. The molecule has 0 saturated carbocycles. The summed E-state index contributed by atoms with van der Waals surface area (Å²) in [5.74, 6) is -0.522. The van der Waals surface area contributed by atoms with Crippen molar-refractivity contribution < 1.29 is 24.2 Å². The molecular formula is C17H23NO5. The highest BCUT2D eigenvalue weighted by Crippen LogP contribution is 2.26. The SMILES string of the molecule is CC(C)(C)OC(=O)[C@H]1CCC(O)N1C(=O)OCc1ccccc1. The zero-order chi connectivity index (χ0) is 17.0. The highest BCUT2D eigenvalue weighted by Gasteiger charge is 2.43. The molecule has 0 spiro atoms. The van der Waals surface area contributed by atoms with Gasteiger partial charge in [0.25, 0.3) is 0 Å². The maximum Gasteiger partial charge on any atom is 0.412 e. The van der Waals surface area contributed by atoms with Crippen molar-refractivity contribution in [3.05, 3.63) is 35.9 Å². The summed E-state index contributed by atoms with van der Waals surface area (Å²) in [5, 5.41) is 9.99. The molecule has 0 aromatic heterocycles. The van der Waals surface area contributed by atoms with Crippen LogP contribution < -0.4 is 0 Å². The van der Waals surface area contributed by atoms with Crippen LogP contribution in [0.25, 0.3) is 0 Å². The molecule has 1 aromatic carbocycles. The minimum Gasteiger partial charge on any atom is -0.458 e. The van der Waals surface area contributed by atoms with Crippen molar-refractivity contribution >= 4 is 12.1 Å². The summed E-state index contributed by atoms with van der Waals surface area (Å²) < 4.78 is 10.5. The molecule has 1 aliphatic rings. The number of rotatable bonds is 3. The normalized spacial score (nSPS) is 21.1. The molecule has 2 atom stereocenters. The molecule has 2 rings (SSSR count). The van der Waals surface area contributed by atoms with Gasteiger partial charge in [0.2, 0.25) is 0 Å². The van der Waals surface area contributed by atoms with Gasteiger partial charge < -0.3 is 14.6 Å². The Morgan fingerprint density at radius 2 is 1.87 bits per heavy atom. The Kier molecular flexibility index (Phi) is 5.26. The summed E-state index contributed by atoms with van der Waals surface area (Å²) in [6, 6.07) is 8.41. The van der Waals surface area contributed by atoms with Gasteiger partial charge in [-0.3, -0.25) is 4.90 Å². The van der Waals surface area contributed by atoms with E-state index in [9.17, 15) is 14.7 Å². The van der Waals surface area contributed by atoms with Crippen LogP contribution in [0.3, 0.4) is 0 Å². The van der Waals surface area contributed by atoms with Gasteiger partial charge >= 0.3 is 12.1 Å². The van der Waals surface area contributed by atoms with Gasteiger partial charge in [0.1, 0.15) is 24.5 Å². The predicted octanol–water partition coefficient (Wildman–Crippen LogP) is 2.45. The lowest BCUT2D eigenvalue weighted by Gasteiger charge is -2.28. The Balaban J connectivity index is 1.99. The van der Waals surface area contributed by atoms with Crippen LogP contribution in [-0.2, 0) is 20.9 Å². The van der Waals surface area contributed by atoms with Gasteiger partial charge in [-0.25, -0.2) is 9.59 Å². The number of carbonyl (C=O) groups is 2. The van der Waals surface area contributed by atoms with E-state index in [1.807, 2.05) is 30.3 Å². The number of likely N-dealkylation sites (tertiary alicyclic amines) is 1. The fourth-order valence-electron chi connectivity index (χ4n) is 2.44. The van der Waals surface area contributed by atoms with Crippen molar-refractivity contribution in [3.63, 3.8) is 0 Å². The second-order valence-corrected chi connectivity index (χ2v) is 6.55. The van der Waals surface area contributed by atoms with Gasteiger partial charge in [-0.15, -0.1) is 0 Å². The van der Waals surface area contributed by atoms with Crippen molar-refractivity contribution in [2.24, 2.45) is 0 Å². The molecule has 23 heavy (non-hydrogen) atoms. The van der Waals surface area contributed by atoms with E-state index < -0.39 is 29.9 Å². The second-order valence-electron chi connectivity index (χ2n) is 6.55. The molecule has 6 heteroatoms. The van der Waals surface area contributed by atoms with Crippen LogP contribution in [0.15, 0.2) is 30.3 Å². The van der Waals surface area contributed by atoms with Gasteiger partial charge in [0.15, 0.2) is 0 Å². The van der Waals surface area contributed by atoms with Crippen molar-refractivity contribution in [1.82, 2.24) is 4.90 Å². The Morgan fingerprint density at radius 3 is 2.48 bits per heavy atom. The molecule has 0 bridgehead atoms. The molecule has 1 amide bonds. The first kappa shape index (κ1) is 17.3. The van der Waals surface area contributed by atoms with Crippen molar-refractivity contribution in [3.8, 4) is 0 Å². The number of ether oxygens (including phenoxy) is 2. The van der Waals surface area contributed by atoms with Crippen LogP contribution in [0.2, 0.25) is 0 Å². The van der Waals surface area contributed by atoms with Crippen LogP contribution in [0.4, 0.5) is 4.79 Å². The number of benzene rings is 1. The van der Waals surface area contributed by atoms with E-state index in [1.54, 1.807) is 20.8 Å². The average Bonchev–Trinajstić information content (AvgIpc) is 2.86. The highest BCUT2D eigenvalue weighted by molar-refractivity contribution is 5.82. The fourth-order valence-corrected chi connectivity index (χ4v) is 2.44. The van der Waals surface area contributed by atoms with E-state index in [2.05, 4.69) is 0 Å². The summed E-state index contributed by atoms with van der Waals surface area (Å²) in [7, 11) is 0. The highest BCUT2D eigenvalue weighted by atomic mass is 16.6. The fraction of sp³-hybridized carbons (Fsp3) is 0.529. The number of hydrogen-bond acceptors (Lipinski definition) is 5. The third-order valence-corrected chi connectivity index (χ3v) is 3.45. The van der Waals surface area contributed by atoms with Gasteiger partial charge in [0, 0.05) is 0 Å². The molecule has 1 aliphatic heterocycles. The predicted molar refractivity (Wildman–Crippen MR) is 83.3 cm³/mol. The number of carbonyl (C=O) groups excluding carboxylic acids is 2. The van der Waals surface area contributed by atoms with Crippen LogP contribution in [0.1, 0.15) is 39.2 Å². The smallest absolute Gasteiger partial charge is 0.412 e. The van der Waals surface area contributed by atoms with Crippen molar-refractivity contribution in [2.45, 2.75) is 58.1 Å². The van der Waals surface area contributed by atoms with E-state index in [4.69, 9.17) is 9.47 Å². The molecule has 1 fully saturated rings. The van der Waals surface area contributed by atoms with E-state index in [0.29, 0.717) is 12.8 Å². The lowest BCUT2D eigenvalue weighted by molar-refractivity contribution is -0.161. The molecule has 1 aromatic rings. The quantitative estimate of drug-likeness (QED) is 0.865. The lowest BCUT2D eigenvalue weighted by Crippen LogP contribution is -2.47. The molecule has 1 N–H and O–H groups in total. The number of esters is 1. The summed E-state index contributed by atoms with van der Waals surface area (Å²) in [6.45, 7) is 5.36. The van der Waals surface area contributed by atoms with Crippen molar-refractivity contribution in [2.75, 3.05) is 0 Å². The first-order valence-corrected chi connectivity index (χ1v) is 7.68. The molecule has 6 nitrogen and oxygen atoms in total. The largest absolute Gasteiger partial charge is 0.458 e. The number of aliphatic hydroxyl groups excluding tert-OH is 1. The van der Waals surface area contributed by atoms with Crippen LogP contribution in [0, 0.1) is 0 Å². The van der Waals surface area contributed by atoms with Gasteiger partial charge in [-0.1, -0.05) is 30.3 Å². The molecule has 1 heterocycles. The molecule has 1 unspecified atom stereocenters. The standard InChI is InChI=1S/C17H23NO5/c1-17(2,3)23-15(20)13-9-10-14(19)18(13)16(21)22-11-12-7-5-4-6-8-12/h4-8,13-14,19H,9-11H2,1-3H3/t13-,14?/m1/s1. The first-order valence-electron chi connectivity index (χ1n) is 7.68. The lowest BCUT2D eigenvalue weighted by atomic mass is 10.1. The van der Waals surface area contributed by atoms with Crippen molar-refractivity contribution in [1.29, 1.82) is 0 Å². The number of hydrogen-bond donors (Lipinski definition) is 1. The topological polar surface area (TPSA) is 76.1 Å². The molecule has 1 saturated heterocycles. The maximum atomic E-state index is 12.2. The van der Waals surface area contributed by atoms with Gasteiger partial charge in [-0.2, -0.15) is 0 Å². The first-order chi connectivity index (χ1) is 10.8. The zero-order valence-corrected chi connectivity index (χ0v) is 13.7. The Hall–Kier alpha value is -2.08. The van der Waals surface area contributed by atoms with Crippen LogP contribution in [-0.4, -0.2) is 39.9 Å². The Morgan fingerprint density at radius 1 is 1.22 bits per heavy atom. The molecule has 0 radical (unpaired) electrons. The molecule has 126 valence electrons. The third-order valence-electron chi connectivity index (χ3n) is 3.45. The van der Waals surface area contributed by atoms with Gasteiger partial charge in [-0.05, 0) is 39.2 Å². The summed E-state index contributed by atoms with van der Waals surface area (Å²) in [6.07, 6.45) is -1.06. The summed E-state index contributed by atoms with van der Waals surface area (Å²) in [5.41, 5.74) is 0.188. The number of aliphatic hydroxyl groups is 1. The number of nitrogens with zero attached hydrogens (tertiary/aromatic N) is 1. The summed E-state index contributed by atoms with van der Waals surface area (Å²) >= 11 is 0. The van der Waals surface area contributed by atoms with Crippen LogP contribution in [0.5, 0.6) is 0 Å². The van der Waals surface area contributed by atoms with E-state index in [1.165, 1.54) is 0 Å². The second kappa shape index (κ2) is 7.00. The zero-order valence-electron chi connectivity index (χ0n) is 13.7. The Labute approximate surface area is 136 Å². The summed E-state index contributed by atoms with van der Waals surface area (Å²) in [4.78, 5) is 25.5. The van der Waals surface area contributed by atoms with Gasteiger partial charge in [0.05, 0.1) is 0 Å². The molecular weight excluding hydrogens is 298 g/mol. The van der Waals surface area contributed by atoms with E-state index >= 15 is 0 Å². The monoisotopic (exact) mass is 321 g/mol. The Bertz CT molecular complexity index is 552. The van der Waals surface area contributed by atoms with E-state index in [0.717, 1.165) is 10.5 Å². The third kappa shape index (κ3) is 4.69. The minimum atomic E-state index is -1.03.